The van der Waals surface area contributed by atoms with Gasteiger partial charge >= 0.3 is 5.97 Å². The molecular weight excluding hydrogens is 559 g/mol. The molecule has 0 fully saturated rings. The number of fused-ring (bicyclic) bond motifs is 1. The van der Waals surface area contributed by atoms with Gasteiger partial charge in [0.25, 0.3) is 0 Å². The van der Waals surface area contributed by atoms with Crippen molar-refractivity contribution in [2.75, 3.05) is 24.8 Å². The van der Waals surface area contributed by atoms with E-state index in [1.807, 2.05) is 25.1 Å². The number of carbonyl (C=O) groups is 1. The fourth-order valence-electron chi connectivity index (χ4n) is 4.05. The topological polar surface area (TPSA) is 87.5 Å². The Hall–Kier alpha value is -3.14. The highest BCUT2D eigenvalue weighted by molar-refractivity contribution is 7.99. The van der Waals surface area contributed by atoms with Gasteiger partial charge in [0.15, 0.2) is 11.5 Å². The number of allylic oxidation sites excluding steroid dienone is 1. The maximum absolute atomic E-state index is 13.2. The van der Waals surface area contributed by atoms with Gasteiger partial charge in [0.2, 0.25) is 11.1 Å². The first-order chi connectivity index (χ1) is 18.9. The summed E-state index contributed by atoms with van der Waals surface area (Å²) >= 11 is 13.9. The van der Waals surface area contributed by atoms with Crippen molar-refractivity contribution in [3.63, 3.8) is 0 Å². The normalized spacial score (nSPS) is 14.4. The molecule has 4 rings (SSSR count). The van der Waals surface area contributed by atoms with E-state index in [1.54, 1.807) is 41.8 Å². The lowest BCUT2D eigenvalue weighted by Gasteiger charge is -2.28. The van der Waals surface area contributed by atoms with E-state index in [4.69, 9.17) is 42.5 Å². The van der Waals surface area contributed by atoms with Crippen LogP contribution in [0.1, 0.15) is 43.9 Å². The lowest BCUT2D eigenvalue weighted by Crippen LogP contribution is -2.29. The largest absolute Gasteiger partial charge is 0.493 e. The molecule has 0 saturated heterocycles. The van der Waals surface area contributed by atoms with Crippen LogP contribution in [0.25, 0.3) is 0 Å². The third-order valence-electron chi connectivity index (χ3n) is 6.02. The van der Waals surface area contributed by atoms with Crippen molar-refractivity contribution >= 4 is 46.9 Å². The van der Waals surface area contributed by atoms with Gasteiger partial charge in [0, 0.05) is 27.1 Å². The van der Waals surface area contributed by atoms with Crippen LogP contribution in [0, 0.1) is 0 Å². The number of methoxy groups -OCH3 is 1. The van der Waals surface area contributed by atoms with Crippen molar-refractivity contribution in [2.45, 2.75) is 44.5 Å². The average Bonchev–Trinajstić information content (AvgIpc) is 3.32. The van der Waals surface area contributed by atoms with Crippen LogP contribution in [0.15, 0.2) is 65.5 Å². The summed E-state index contributed by atoms with van der Waals surface area (Å²) in [6, 6.07) is 10.2. The highest BCUT2D eigenvalue weighted by atomic mass is 35.5. The molecule has 1 aliphatic heterocycles. The third-order valence-corrected chi connectivity index (χ3v) is 7.53. The van der Waals surface area contributed by atoms with E-state index in [1.165, 1.54) is 6.08 Å². The number of hydrogen-bond donors (Lipinski definition) is 1. The van der Waals surface area contributed by atoms with Gasteiger partial charge in [-0.05, 0) is 43.2 Å². The SMILES string of the molecule is C=CCOC(=O)C1=C(C)Nc2nc(SCCCC)nn2C1c1ccc(OCc2ccc(Cl)cc2Cl)c(OC)c1. The van der Waals surface area contributed by atoms with Crippen molar-refractivity contribution in [3.05, 3.63) is 81.5 Å². The number of benzene rings is 2. The number of rotatable bonds is 12. The van der Waals surface area contributed by atoms with Gasteiger partial charge in [-0.25, -0.2) is 9.48 Å². The minimum absolute atomic E-state index is 0.0913. The number of nitrogens with one attached hydrogen (secondary N) is 1. The number of aromatic nitrogens is 3. The molecule has 2 aromatic carbocycles. The predicted molar refractivity (Wildman–Crippen MR) is 155 cm³/mol. The van der Waals surface area contributed by atoms with Crippen LogP contribution in [0.2, 0.25) is 10.0 Å². The standard InChI is InChI=1S/C28H30Cl2N4O4S/c1-5-7-13-39-28-32-27-31-17(3)24(26(35)37-12-6-2)25(34(27)33-28)18-9-11-22(23(14-18)36-4)38-16-19-8-10-20(29)15-21(19)30/h6,8-11,14-15,25H,2,5,7,12-13,16H2,1,3-4H3,(H,31,32,33). The summed E-state index contributed by atoms with van der Waals surface area (Å²) in [5, 5.41) is 9.67. The number of esters is 1. The van der Waals surface area contributed by atoms with Crippen molar-refractivity contribution in [1.82, 2.24) is 14.8 Å². The second-order valence-corrected chi connectivity index (χ2v) is 10.7. The molecule has 0 radical (unpaired) electrons. The second kappa shape index (κ2) is 13.3. The first-order valence-corrected chi connectivity index (χ1v) is 14.2. The van der Waals surface area contributed by atoms with Crippen LogP contribution < -0.4 is 14.8 Å². The fourth-order valence-corrected chi connectivity index (χ4v) is 5.43. The lowest BCUT2D eigenvalue weighted by atomic mass is 9.95. The summed E-state index contributed by atoms with van der Waals surface area (Å²) in [4.78, 5) is 17.9. The van der Waals surface area contributed by atoms with E-state index in [0.29, 0.717) is 43.9 Å². The van der Waals surface area contributed by atoms with Crippen LogP contribution in [-0.4, -0.2) is 40.2 Å². The number of unbranched alkanes of at least 4 members (excludes halogenated alkanes) is 1. The Bertz CT molecular complexity index is 1390. The molecule has 1 aromatic heterocycles. The Balaban J connectivity index is 1.69. The summed E-state index contributed by atoms with van der Waals surface area (Å²) < 4.78 is 18.9. The first-order valence-electron chi connectivity index (χ1n) is 12.5. The van der Waals surface area contributed by atoms with Crippen molar-refractivity contribution < 1.29 is 19.0 Å². The van der Waals surface area contributed by atoms with Crippen LogP contribution in [0.3, 0.4) is 0 Å². The smallest absolute Gasteiger partial charge is 0.338 e. The predicted octanol–water partition coefficient (Wildman–Crippen LogP) is 7.08. The van der Waals surface area contributed by atoms with Gasteiger partial charge in [-0.1, -0.05) is 73.1 Å². The lowest BCUT2D eigenvalue weighted by molar-refractivity contribution is -0.138. The highest BCUT2D eigenvalue weighted by Gasteiger charge is 2.35. The second-order valence-electron chi connectivity index (χ2n) is 8.75. The van der Waals surface area contributed by atoms with Crippen molar-refractivity contribution in [1.29, 1.82) is 0 Å². The number of anilines is 1. The Morgan fingerprint density at radius 2 is 2.05 bits per heavy atom. The molecule has 39 heavy (non-hydrogen) atoms. The Labute approximate surface area is 242 Å². The first kappa shape index (κ1) is 28.9. The highest BCUT2D eigenvalue weighted by Crippen LogP contribution is 2.40. The minimum Gasteiger partial charge on any atom is -0.493 e. The molecular formula is C28H30Cl2N4O4S. The monoisotopic (exact) mass is 588 g/mol. The quantitative estimate of drug-likeness (QED) is 0.104. The molecule has 0 amide bonds. The number of nitrogens with zero attached hydrogens (tertiary/aromatic N) is 3. The van der Waals surface area contributed by atoms with E-state index < -0.39 is 12.0 Å². The molecule has 1 atom stereocenters. The number of halogens is 2. The molecule has 0 saturated carbocycles. The van der Waals surface area contributed by atoms with Gasteiger partial charge in [-0.2, -0.15) is 4.98 Å². The molecule has 0 aliphatic carbocycles. The Morgan fingerprint density at radius 1 is 1.23 bits per heavy atom. The maximum atomic E-state index is 13.2. The Morgan fingerprint density at radius 3 is 2.77 bits per heavy atom. The van der Waals surface area contributed by atoms with E-state index in [9.17, 15) is 4.79 Å². The third kappa shape index (κ3) is 6.72. The van der Waals surface area contributed by atoms with Crippen LogP contribution in [0.5, 0.6) is 11.5 Å². The van der Waals surface area contributed by atoms with Crippen LogP contribution >= 0.6 is 35.0 Å². The number of hydrogen-bond acceptors (Lipinski definition) is 8. The zero-order chi connectivity index (χ0) is 27.9. The molecule has 11 heteroatoms. The van der Waals surface area contributed by atoms with Crippen molar-refractivity contribution in [3.8, 4) is 11.5 Å². The zero-order valence-electron chi connectivity index (χ0n) is 22.0. The summed E-state index contributed by atoms with van der Waals surface area (Å²) in [5.74, 6) is 2.00. The van der Waals surface area contributed by atoms with E-state index >= 15 is 0 Å². The summed E-state index contributed by atoms with van der Waals surface area (Å²) in [5.41, 5.74) is 2.60. The molecule has 1 aliphatic rings. The fraction of sp³-hybridized carbons (Fsp3) is 0.321. The molecule has 0 bridgehead atoms. The van der Waals surface area contributed by atoms with E-state index in [2.05, 4.69) is 23.8 Å². The summed E-state index contributed by atoms with van der Waals surface area (Å²) in [6.07, 6.45) is 3.67. The van der Waals surface area contributed by atoms with Gasteiger partial charge in [0.05, 0.1) is 12.7 Å². The maximum Gasteiger partial charge on any atom is 0.338 e. The van der Waals surface area contributed by atoms with Crippen LogP contribution in [0.4, 0.5) is 5.95 Å². The molecule has 1 N–H and O–H groups in total. The number of thioether (sulfide) groups is 1. The number of carbonyl (C=O) groups excluding carboxylic acids is 1. The van der Waals surface area contributed by atoms with E-state index in [0.717, 1.165) is 29.7 Å². The van der Waals surface area contributed by atoms with Gasteiger partial charge in [-0.15, -0.1) is 5.10 Å². The molecule has 206 valence electrons. The van der Waals surface area contributed by atoms with Crippen LogP contribution in [-0.2, 0) is 16.1 Å². The van der Waals surface area contributed by atoms with Gasteiger partial charge < -0.3 is 19.5 Å². The summed E-state index contributed by atoms with van der Waals surface area (Å²) in [7, 11) is 1.56. The molecule has 1 unspecified atom stereocenters. The molecule has 3 aromatic rings. The summed E-state index contributed by atoms with van der Waals surface area (Å²) in [6.45, 7) is 7.93. The zero-order valence-corrected chi connectivity index (χ0v) is 24.3. The molecule has 8 nitrogen and oxygen atoms in total. The van der Waals surface area contributed by atoms with E-state index in [-0.39, 0.29) is 13.2 Å². The molecule has 2 heterocycles. The van der Waals surface area contributed by atoms with Crippen molar-refractivity contribution in [2.24, 2.45) is 0 Å². The minimum atomic E-state index is -0.597. The van der Waals surface area contributed by atoms with Gasteiger partial charge in [0.1, 0.15) is 19.3 Å². The Kier molecular flexibility index (Phi) is 9.83. The van der Waals surface area contributed by atoms with Gasteiger partial charge in [-0.3, -0.25) is 0 Å². The number of ether oxygens (including phenoxy) is 3. The average molecular weight is 590 g/mol. The molecule has 0 spiro atoms.